The lowest BCUT2D eigenvalue weighted by Crippen LogP contribution is -2.39. The third-order valence-electron chi connectivity index (χ3n) is 1.77. The Morgan fingerprint density at radius 1 is 1.47 bits per heavy atom. The van der Waals surface area contributed by atoms with Crippen molar-refractivity contribution in [2.75, 3.05) is 0 Å². The summed E-state index contributed by atoms with van der Waals surface area (Å²) in [5.41, 5.74) is -0.617. The number of rotatable bonds is 5. The minimum Gasteiger partial charge on any atom is -0.481 e. The van der Waals surface area contributed by atoms with E-state index in [1.165, 1.54) is 0 Å². The van der Waals surface area contributed by atoms with Crippen molar-refractivity contribution in [3.05, 3.63) is 0 Å². The highest BCUT2D eigenvalue weighted by molar-refractivity contribution is 5.69. The highest BCUT2D eigenvalue weighted by Crippen LogP contribution is 2.08. The van der Waals surface area contributed by atoms with Gasteiger partial charge in [0.1, 0.15) is 5.60 Å². The van der Waals surface area contributed by atoms with Gasteiger partial charge in [-0.25, -0.2) is 4.79 Å². The van der Waals surface area contributed by atoms with Gasteiger partial charge in [0.25, 0.3) is 0 Å². The van der Waals surface area contributed by atoms with Gasteiger partial charge < -0.3 is 15.2 Å². The van der Waals surface area contributed by atoms with Crippen molar-refractivity contribution in [3.8, 4) is 6.07 Å². The molecule has 0 aliphatic rings. The normalized spacial score (nSPS) is 12.4. The van der Waals surface area contributed by atoms with E-state index in [1.807, 2.05) is 6.07 Å². The van der Waals surface area contributed by atoms with Crippen LogP contribution in [0.25, 0.3) is 0 Å². The van der Waals surface area contributed by atoms with Gasteiger partial charge in [-0.05, 0) is 27.2 Å². The summed E-state index contributed by atoms with van der Waals surface area (Å²) in [5.74, 6) is -0.959. The average Bonchev–Trinajstić information content (AvgIpc) is 2.11. The number of ether oxygens (including phenoxy) is 1. The zero-order valence-corrected chi connectivity index (χ0v) is 10.3. The Hall–Kier alpha value is -1.77. The zero-order valence-electron chi connectivity index (χ0n) is 10.3. The van der Waals surface area contributed by atoms with E-state index in [-0.39, 0.29) is 19.3 Å². The number of aliphatic carboxylic acids is 1. The van der Waals surface area contributed by atoms with Gasteiger partial charge in [-0.2, -0.15) is 5.26 Å². The van der Waals surface area contributed by atoms with Crippen molar-refractivity contribution in [3.63, 3.8) is 0 Å². The Kier molecular flexibility index (Phi) is 6.03. The molecule has 0 fully saturated rings. The Balaban J connectivity index is 4.20. The number of nitriles is 1. The molecule has 0 aromatic carbocycles. The van der Waals surface area contributed by atoms with Crippen LogP contribution >= 0.6 is 0 Å². The summed E-state index contributed by atoms with van der Waals surface area (Å²) in [6.45, 7) is 5.18. The molecule has 0 aromatic rings. The molecule has 0 aliphatic carbocycles. The predicted octanol–water partition coefficient (Wildman–Crippen LogP) is 1.66. The maximum atomic E-state index is 11.4. The topological polar surface area (TPSA) is 99.4 Å². The van der Waals surface area contributed by atoms with Crippen LogP contribution < -0.4 is 5.32 Å². The quantitative estimate of drug-likeness (QED) is 0.763. The van der Waals surface area contributed by atoms with Crippen LogP contribution in [0.3, 0.4) is 0 Å². The lowest BCUT2D eigenvalue weighted by molar-refractivity contribution is -0.137. The Morgan fingerprint density at radius 2 is 2.06 bits per heavy atom. The second kappa shape index (κ2) is 6.74. The summed E-state index contributed by atoms with van der Waals surface area (Å²) in [6.07, 6.45) is -0.459. The molecule has 0 saturated carbocycles. The second-order valence-corrected chi connectivity index (χ2v) is 4.64. The monoisotopic (exact) mass is 242 g/mol. The predicted molar refractivity (Wildman–Crippen MR) is 60.3 cm³/mol. The lowest BCUT2D eigenvalue weighted by Gasteiger charge is -2.22. The Morgan fingerprint density at radius 3 is 2.47 bits per heavy atom. The average molecular weight is 242 g/mol. The first-order valence-corrected chi connectivity index (χ1v) is 5.33. The van der Waals surface area contributed by atoms with E-state index >= 15 is 0 Å². The molecular formula is C11H18N2O4. The van der Waals surface area contributed by atoms with Crippen LogP contribution in [-0.4, -0.2) is 28.8 Å². The maximum absolute atomic E-state index is 11.4. The number of hydrogen-bond donors (Lipinski definition) is 2. The van der Waals surface area contributed by atoms with Crippen molar-refractivity contribution in [2.45, 2.75) is 51.7 Å². The van der Waals surface area contributed by atoms with Crippen LogP contribution in [0.15, 0.2) is 0 Å². The fourth-order valence-corrected chi connectivity index (χ4v) is 1.11. The van der Waals surface area contributed by atoms with Crippen molar-refractivity contribution >= 4 is 12.1 Å². The molecule has 0 aromatic heterocycles. The summed E-state index contributed by atoms with van der Waals surface area (Å²) < 4.78 is 5.01. The molecule has 0 aliphatic heterocycles. The van der Waals surface area contributed by atoms with E-state index in [0.717, 1.165) is 0 Å². The van der Waals surface area contributed by atoms with Gasteiger partial charge >= 0.3 is 12.1 Å². The van der Waals surface area contributed by atoms with Crippen molar-refractivity contribution < 1.29 is 19.4 Å². The summed E-state index contributed by atoms with van der Waals surface area (Å²) in [4.78, 5) is 21.8. The fraction of sp³-hybridized carbons (Fsp3) is 0.727. The van der Waals surface area contributed by atoms with Crippen LogP contribution in [0, 0.1) is 11.3 Å². The first kappa shape index (κ1) is 15.2. The molecule has 0 unspecified atom stereocenters. The minimum absolute atomic E-state index is 0.0620. The summed E-state index contributed by atoms with van der Waals surface area (Å²) >= 11 is 0. The van der Waals surface area contributed by atoms with Gasteiger partial charge in [0, 0.05) is 12.5 Å². The summed E-state index contributed by atoms with van der Waals surface area (Å²) in [6, 6.07) is 1.40. The summed E-state index contributed by atoms with van der Waals surface area (Å²) in [7, 11) is 0. The third kappa shape index (κ3) is 9.18. The number of amides is 1. The van der Waals surface area contributed by atoms with Crippen LogP contribution in [0.4, 0.5) is 4.79 Å². The number of hydrogen-bond acceptors (Lipinski definition) is 4. The van der Waals surface area contributed by atoms with Gasteiger partial charge in [0.2, 0.25) is 0 Å². The minimum atomic E-state index is -0.959. The van der Waals surface area contributed by atoms with E-state index in [0.29, 0.717) is 0 Å². The molecule has 6 nitrogen and oxygen atoms in total. The molecule has 0 spiro atoms. The first-order chi connectivity index (χ1) is 7.74. The highest BCUT2D eigenvalue weighted by atomic mass is 16.6. The molecule has 0 heterocycles. The molecule has 1 atom stereocenters. The van der Waals surface area contributed by atoms with Gasteiger partial charge in [-0.15, -0.1) is 0 Å². The number of carboxylic acid groups (broad SMARTS) is 1. The Bertz CT molecular complexity index is 314. The van der Waals surface area contributed by atoms with Gasteiger partial charge in [-0.3, -0.25) is 4.79 Å². The zero-order chi connectivity index (χ0) is 13.5. The summed E-state index contributed by atoms with van der Waals surface area (Å²) in [5, 5.41) is 19.6. The smallest absolute Gasteiger partial charge is 0.407 e. The fourth-order valence-electron chi connectivity index (χ4n) is 1.11. The first-order valence-electron chi connectivity index (χ1n) is 5.33. The van der Waals surface area contributed by atoms with Crippen LogP contribution in [0.2, 0.25) is 0 Å². The number of nitrogens with one attached hydrogen (secondary N) is 1. The SMILES string of the molecule is CC(C)(C)OC(=O)N[C@@H](CC#N)CCC(=O)O. The third-order valence-corrected chi connectivity index (χ3v) is 1.77. The molecule has 1 amide bonds. The molecule has 6 heteroatoms. The standard InChI is InChI=1S/C11H18N2O4/c1-11(2,3)17-10(16)13-8(6-7-12)4-5-9(14)15/h8H,4-6H2,1-3H3,(H,13,16)(H,14,15)/t8-/m1/s1. The largest absolute Gasteiger partial charge is 0.481 e. The van der Waals surface area contributed by atoms with E-state index < -0.39 is 23.7 Å². The Labute approximate surface area is 101 Å². The number of carbonyl (C=O) groups is 2. The van der Waals surface area contributed by atoms with Gasteiger partial charge in [0.15, 0.2) is 0 Å². The van der Waals surface area contributed by atoms with Crippen molar-refractivity contribution in [2.24, 2.45) is 0 Å². The molecule has 0 rings (SSSR count). The van der Waals surface area contributed by atoms with Crippen molar-refractivity contribution in [1.29, 1.82) is 5.26 Å². The lowest BCUT2D eigenvalue weighted by atomic mass is 10.1. The molecule has 2 N–H and O–H groups in total. The van der Waals surface area contributed by atoms with Crippen LogP contribution in [-0.2, 0) is 9.53 Å². The number of alkyl carbamates (subject to hydrolysis) is 1. The second-order valence-electron chi connectivity index (χ2n) is 4.64. The number of carboxylic acids is 1. The molecule has 17 heavy (non-hydrogen) atoms. The van der Waals surface area contributed by atoms with Crippen LogP contribution in [0.1, 0.15) is 40.0 Å². The van der Waals surface area contributed by atoms with E-state index in [9.17, 15) is 9.59 Å². The highest BCUT2D eigenvalue weighted by Gasteiger charge is 2.19. The van der Waals surface area contributed by atoms with Crippen molar-refractivity contribution in [1.82, 2.24) is 5.32 Å². The number of nitrogens with zero attached hydrogens (tertiary/aromatic N) is 1. The molecule has 0 bridgehead atoms. The molecule has 0 radical (unpaired) electrons. The molecule has 96 valence electrons. The van der Waals surface area contributed by atoms with Crippen LogP contribution in [0.5, 0.6) is 0 Å². The maximum Gasteiger partial charge on any atom is 0.407 e. The van der Waals surface area contributed by atoms with E-state index in [4.69, 9.17) is 15.1 Å². The van der Waals surface area contributed by atoms with E-state index in [1.54, 1.807) is 20.8 Å². The van der Waals surface area contributed by atoms with Gasteiger partial charge in [-0.1, -0.05) is 0 Å². The molecule has 0 saturated heterocycles. The molecular weight excluding hydrogens is 224 g/mol. The van der Waals surface area contributed by atoms with Gasteiger partial charge in [0.05, 0.1) is 12.5 Å². The number of carbonyl (C=O) groups excluding carboxylic acids is 1. The van der Waals surface area contributed by atoms with E-state index in [2.05, 4.69) is 5.32 Å².